The van der Waals surface area contributed by atoms with Crippen LogP contribution in [0, 0.1) is 6.92 Å². The van der Waals surface area contributed by atoms with Gasteiger partial charge in [0.2, 0.25) is 0 Å². The van der Waals surface area contributed by atoms with Crippen molar-refractivity contribution in [1.82, 2.24) is 4.57 Å². The lowest BCUT2D eigenvalue weighted by molar-refractivity contribution is -0.136. The first kappa shape index (κ1) is 10.3. The Balaban J connectivity index is 3.37. The third-order valence-corrected chi connectivity index (χ3v) is 2.06. The van der Waals surface area contributed by atoms with E-state index in [1.807, 2.05) is 0 Å². The predicted octanol–water partition coefficient (Wildman–Crippen LogP) is 0.0264. The van der Waals surface area contributed by atoms with Crippen LogP contribution in [0.3, 0.4) is 0 Å². The van der Waals surface area contributed by atoms with Crippen molar-refractivity contribution in [2.24, 2.45) is 7.05 Å². The van der Waals surface area contributed by atoms with E-state index < -0.39 is 11.5 Å². The van der Waals surface area contributed by atoms with Gasteiger partial charge in [-0.25, -0.2) is 0 Å². The van der Waals surface area contributed by atoms with Crippen LogP contribution in [0.25, 0.3) is 0 Å². The minimum Gasteiger partial charge on any atom is -0.494 e. The van der Waals surface area contributed by atoms with Gasteiger partial charge in [-0.3, -0.25) is 14.2 Å². The summed E-state index contributed by atoms with van der Waals surface area (Å²) in [4.78, 5) is 21.9. The molecule has 0 aliphatic rings. The number of aryl methyl sites for hydroxylation is 1. The normalized spacial score (nSPS) is 10.1. The molecule has 0 unspecified atom stereocenters. The number of carboxylic acid groups (broad SMARTS) is 1. The first-order valence-electron chi connectivity index (χ1n) is 4.03. The van der Waals surface area contributed by atoms with Crippen molar-refractivity contribution in [2.75, 3.05) is 0 Å². The Labute approximate surface area is 80.2 Å². The SMILES string of the molecule is Cc1cc(O)n(C)c(=O)c1CC(=O)O. The average molecular weight is 197 g/mol. The third-order valence-electron chi connectivity index (χ3n) is 2.06. The van der Waals surface area contributed by atoms with E-state index in [2.05, 4.69) is 0 Å². The number of aromatic hydroxyl groups is 1. The van der Waals surface area contributed by atoms with Crippen molar-refractivity contribution in [2.45, 2.75) is 13.3 Å². The van der Waals surface area contributed by atoms with Gasteiger partial charge in [0.25, 0.3) is 5.56 Å². The van der Waals surface area contributed by atoms with Crippen LogP contribution in [0.15, 0.2) is 10.9 Å². The second-order valence-electron chi connectivity index (χ2n) is 3.10. The van der Waals surface area contributed by atoms with Gasteiger partial charge in [0, 0.05) is 18.7 Å². The highest BCUT2D eigenvalue weighted by Crippen LogP contribution is 2.11. The van der Waals surface area contributed by atoms with Gasteiger partial charge < -0.3 is 10.2 Å². The number of nitrogens with zero attached hydrogens (tertiary/aromatic N) is 1. The lowest BCUT2D eigenvalue weighted by Crippen LogP contribution is -2.24. The van der Waals surface area contributed by atoms with Gasteiger partial charge in [-0.1, -0.05) is 0 Å². The summed E-state index contributed by atoms with van der Waals surface area (Å²) < 4.78 is 1.02. The van der Waals surface area contributed by atoms with Crippen LogP contribution in [0.5, 0.6) is 5.88 Å². The lowest BCUT2D eigenvalue weighted by atomic mass is 10.1. The van der Waals surface area contributed by atoms with Crippen LogP contribution in [-0.4, -0.2) is 20.7 Å². The number of aliphatic carboxylic acids is 1. The molecule has 0 spiro atoms. The average Bonchev–Trinajstić information content (AvgIpc) is 2.09. The van der Waals surface area contributed by atoms with Crippen LogP contribution in [0.4, 0.5) is 0 Å². The lowest BCUT2D eigenvalue weighted by Gasteiger charge is -2.07. The molecule has 1 aromatic rings. The third kappa shape index (κ3) is 1.76. The molecule has 0 saturated carbocycles. The van der Waals surface area contributed by atoms with Crippen LogP contribution in [0.2, 0.25) is 0 Å². The number of aromatic nitrogens is 1. The Morgan fingerprint density at radius 1 is 1.57 bits per heavy atom. The van der Waals surface area contributed by atoms with Crippen molar-refractivity contribution in [3.05, 3.63) is 27.5 Å². The van der Waals surface area contributed by atoms with Crippen molar-refractivity contribution in [3.8, 4) is 5.88 Å². The summed E-state index contributed by atoms with van der Waals surface area (Å²) in [7, 11) is 1.39. The molecule has 5 nitrogen and oxygen atoms in total. The molecule has 0 aromatic carbocycles. The zero-order valence-electron chi connectivity index (χ0n) is 7.94. The first-order chi connectivity index (χ1) is 6.43. The van der Waals surface area contributed by atoms with E-state index in [9.17, 15) is 14.7 Å². The molecule has 5 heteroatoms. The smallest absolute Gasteiger partial charge is 0.308 e. The zero-order valence-corrected chi connectivity index (χ0v) is 7.94. The molecule has 0 aliphatic carbocycles. The molecule has 0 atom stereocenters. The summed E-state index contributed by atoms with van der Waals surface area (Å²) in [5.74, 6) is -1.22. The van der Waals surface area contributed by atoms with Crippen LogP contribution < -0.4 is 5.56 Å². The minimum atomic E-state index is -1.06. The van der Waals surface area contributed by atoms with E-state index in [-0.39, 0.29) is 17.9 Å². The summed E-state index contributed by atoms with van der Waals surface area (Å²) in [5.41, 5.74) is 0.232. The fraction of sp³-hybridized carbons (Fsp3) is 0.333. The van der Waals surface area contributed by atoms with E-state index in [0.29, 0.717) is 5.56 Å². The summed E-state index contributed by atoms with van der Waals surface area (Å²) in [6.07, 6.45) is -0.321. The number of carboxylic acids is 1. The number of carbonyl (C=O) groups is 1. The van der Waals surface area contributed by atoms with Gasteiger partial charge in [-0.15, -0.1) is 0 Å². The molecule has 0 fully saturated rings. The topological polar surface area (TPSA) is 79.5 Å². The zero-order chi connectivity index (χ0) is 10.9. The number of pyridine rings is 1. The van der Waals surface area contributed by atoms with Crippen LogP contribution in [0.1, 0.15) is 11.1 Å². The Bertz CT molecular complexity index is 433. The van der Waals surface area contributed by atoms with Gasteiger partial charge in [-0.05, 0) is 12.5 Å². The van der Waals surface area contributed by atoms with Gasteiger partial charge in [0.05, 0.1) is 6.42 Å². The van der Waals surface area contributed by atoms with Crippen molar-refractivity contribution in [3.63, 3.8) is 0 Å². The molecule has 1 heterocycles. The van der Waals surface area contributed by atoms with Crippen LogP contribution >= 0.6 is 0 Å². The second kappa shape index (κ2) is 3.53. The highest BCUT2D eigenvalue weighted by molar-refractivity contribution is 5.70. The Kier molecular flexibility index (Phi) is 2.60. The summed E-state index contributed by atoms with van der Waals surface area (Å²) >= 11 is 0. The van der Waals surface area contributed by atoms with E-state index in [1.165, 1.54) is 13.1 Å². The highest BCUT2D eigenvalue weighted by atomic mass is 16.4. The van der Waals surface area contributed by atoms with E-state index in [0.717, 1.165) is 4.57 Å². The maximum Gasteiger partial charge on any atom is 0.308 e. The monoisotopic (exact) mass is 197 g/mol. The van der Waals surface area contributed by atoms with Crippen LogP contribution in [-0.2, 0) is 18.3 Å². The fourth-order valence-electron chi connectivity index (χ4n) is 1.22. The van der Waals surface area contributed by atoms with Crippen molar-refractivity contribution < 1.29 is 15.0 Å². The Morgan fingerprint density at radius 2 is 2.14 bits per heavy atom. The van der Waals surface area contributed by atoms with Crippen molar-refractivity contribution in [1.29, 1.82) is 0 Å². The molecule has 2 N–H and O–H groups in total. The van der Waals surface area contributed by atoms with Gasteiger partial charge in [-0.2, -0.15) is 0 Å². The molecule has 0 aliphatic heterocycles. The number of rotatable bonds is 2. The van der Waals surface area contributed by atoms with Crippen molar-refractivity contribution >= 4 is 5.97 Å². The highest BCUT2D eigenvalue weighted by Gasteiger charge is 2.12. The fourth-order valence-corrected chi connectivity index (χ4v) is 1.22. The summed E-state index contributed by atoms with van der Waals surface area (Å²) in [6, 6.07) is 1.37. The molecular formula is C9H11NO4. The maximum absolute atomic E-state index is 11.5. The largest absolute Gasteiger partial charge is 0.494 e. The molecule has 0 bridgehead atoms. The van der Waals surface area contributed by atoms with Gasteiger partial charge >= 0.3 is 5.97 Å². The summed E-state index contributed by atoms with van der Waals surface area (Å²) in [5, 5.41) is 17.8. The molecule has 0 radical (unpaired) electrons. The Morgan fingerprint density at radius 3 is 2.64 bits per heavy atom. The van der Waals surface area contributed by atoms with E-state index in [1.54, 1.807) is 6.92 Å². The quantitative estimate of drug-likeness (QED) is 0.700. The summed E-state index contributed by atoms with van der Waals surface area (Å²) in [6.45, 7) is 1.60. The maximum atomic E-state index is 11.5. The van der Waals surface area contributed by atoms with E-state index >= 15 is 0 Å². The molecule has 1 rings (SSSR count). The predicted molar refractivity (Wildman–Crippen MR) is 49.4 cm³/mol. The number of hydrogen-bond acceptors (Lipinski definition) is 3. The molecule has 14 heavy (non-hydrogen) atoms. The second-order valence-corrected chi connectivity index (χ2v) is 3.10. The molecule has 0 amide bonds. The molecular weight excluding hydrogens is 186 g/mol. The minimum absolute atomic E-state index is 0.165. The van der Waals surface area contributed by atoms with Gasteiger partial charge in [0.15, 0.2) is 5.88 Å². The van der Waals surface area contributed by atoms with Gasteiger partial charge in [0.1, 0.15) is 0 Å². The molecule has 76 valence electrons. The number of hydrogen-bond donors (Lipinski definition) is 2. The molecule has 0 saturated heterocycles. The first-order valence-corrected chi connectivity index (χ1v) is 4.03. The van der Waals surface area contributed by atoms with E-state index in [4.69, 9.17) is 5.11 Å². The molecule has 1 aromatic heterocycles. The Hall–Kier alpha value is -1.78. The standard InChI is InChI=1S/C9H11NO4/c1-5-3-7(11)10(2)9(14)6(5)4-8(12)13/h3,11H,4H2,1-2H3,(H,12,13).